The van der Waals surface area contributed by atoms with Crippen molar-refractivity contribution in [3.63, 3.8) is 0 Å². The van der Waals surface area contributed by atoms with Gasteiger partial charge >= 0.3 is 6.18 Å². The van der Waals surface area contributed by atoms with Gasteiger partial charge in [-0.25, -0.2) is 0 Å². The second-order valence-corrected chi connectivity index (χ2v) is 4.47. The third-order valence-electron chi connectivity index (χ3n) is 2.20. The maximum atomic E-state index is 12.4. The Hall–Kier alpha value is -0.840. The van der Waals surface area contributed by atoms with E-state index < -0.39 is 11.7 Å². The molecule has 1 aliphatic rings. The molecule has 0 aliphatic carbocycles. The Morgan fingerprint density at radius 2 is 2.07 bits per heavy atom. The summed E-state index contributed by atoms with van der Waals surface area (Å²) in [6, 6.07) is 3.85. The Bertz CT molecular complexity index is 362. The maximum Gasteiger partial charge on any atom is 0.416 e. The zero-order chi connectivity index (χ0) is 10.9. The average Bonchev–Trinajstić information content (AvgIpc) is 2.39. The number of fused-ring (bicyclic) bond motifs is 1. The average molecular weight is 233 g/mol. The third-order valence-corrected chi connectivity index (χ3v) is 3.34. The highest BCUT2D eigenvalue weighted by Crippen LogP contribution is 2.36. The summed E-state index contributed by atoms with van der Waals surface area (Å²) in [4.78, 5) is 0.697. The van der Waals surface area contributed by atoms with E-state index >= 15 is 0 Å². The van der Waals surface area contributed by atoms with E-state index in [1.165, 1.54) is 23.9 Å². The molecule has 2 rings (SSSR count). The van der Waals surface area contributed by atoms with Gasteiger partial charge in [-0.05, 0) is 30.4 Å². The molecule has 0 radical (unpaired) electrons. The van der Waals surface area contributed by atoms with E-state index in [1.807, 2.05) is 0 Å². The molecule has 82 valence electrons. The predicted octanol–water partition coefficient (Wildman–Crippen LogP) is 3.61. The lowest BCUT2D eigenvalue weighted by atomic mass is 10.2. The van der Waals surface area contributed by atoms with Gasteiger partial charge in [0.1, 0.15) is 0 Å². The Balaban J connectivity index is 2.36. The topological polar surface area (TPSA) is 12.0 Å². The van der Waals surface area contributed by atoms with Crippen molar-refractivity contribution in [1.29, 1.82) is 0 Å². The molecule has 0 fully saturated rings. The van der Waals surface area contributed by atoms with E-state index in [1.54, 1.807) is 0 Å². The van der Waals surface area contributed by atoms with Crippen LogP contribution in [-0.4, -0.2) is 12.3 Å². The number of hydrogen-bond donors (Lipinski definition) is 1. The number of halogens is 3. The summed E-state index contributed by atoms with van der Waals surface area (Å²) in [5.74, 6) is 0.862. The minimum atomic E-state index is -4.25. The van der Waals surface area contributed by atoms with Crippen molar-refractivity contribution < 1.29 is 13.2 Å². The molecule has 1 aliphatic heterocycles. The summed E-state index contributed by atoms with van der Waals surface area (Å²) in [6.07, 6.45) is -3.28. The van der Waals surface area contributed by atoms with Gasteiger partial charge in [0.05, 0.1) is 5.56 Å². The monoisotopic (exact) mass is 233 g/mol. The van der Waals surface area contributed by atoms with Crippen LogP contribution < -0.4 is 5.32 Å². The summed E-state index contributed by atoms with van der Waals surface area (Å²) in [5, 5.41) is 3.12. The van der Waals surface area contributed by atoms with Gasteiger partial charge in [0.25, 0.3) is 0 Å². The summed E-state index contributed by atoms with van der Waals surface area (Å²) in [5.41, 5.74) is 0.239. The highest BCUT2D eigenvalue weighted by molar-refractivity contribution is 7.99. The standard InChI is InChI=1S/C10H10F3NS/c11-10(12,13)7-2-3-8-9(6-7)15-5-1-4-14-8/h2-3,6,14H,1,4-5H2. The lowest BCUT2D eigenvalue weighted by Crippen LogP contribution is -2.06. The molecule has 0 atom stereocenters. The molecular weight excluding hydrogens is 223 g/mol. The lowest BCUT2D eigenvalue weighted by molar-refractivity contribution is -0.137. The molecule has 1 N–H and O–H groups in total. The van der Waals surface area contributed by atoms with Crippen LogP contribution in [0.4, 0.5) is 18.9 Å². The van der Waals surface area contributed by atoms with E-state index in [-0.39, 0.29) is 0 Å². The molecule has 1 nitrogen and oxygen atoms in total. The first-order chi connectivity index (χ1) is 7.07. The SMILES string of the molecule is FC(F)(F)c1ccc2c(c1)SCCCN2. The number of benzene rings is 1. The normalized spacial score (nSPS) is 16.5. The van der Waals surface area contributed by atoms with Gasteiger partial charge in [-0.15, -0.1) is 11.8 Å². The van der Waals surface area contributed by atoms with Crippen molar-refractivity contribution in [2.75, 3.05) is 17.6 Å². The molecule has 1 aromatic rings. The van der Waals surface area contributed by atoms with Crippen molar-refractivity contribution >= 4 is 17.4 Å². The van der Waals surface area contributed by atoms with E-state index in [0.29, 0.717) is 4.90 Å². The molecule has 0 spiro atoms. The Labute approximate surface area is 90.1 Å². The first kappa shape index (κ1) is 10.7. The number of thioether (sulfide) groups is 1. The second kappa shape index (κ2) is 3.96. The first-order valence-corrected chi connectivity index (χ1v) is 5.64. The van der Waals surface area contributed by atoms with E-state index in [0.717, 1.165) is 30.5 Å². The highest BCUT2D eigenvalue weighted by Gasteiger charge is 2.31. The zero-order valence-corrected chi connectivity index (χ0v) is 8.71. The fraction of sp³-hybridized carbons (Fsp3) is 0.400. The van der Waals surface area contributed by atoms with Gasteiger partial charge < -0.3 is 5.32 Å². The minimum Gasteiger partial charge on any atom is -0.384 e. The largest absolute Gasteiger partial charge is 0.416 e. The van der Waals surface area contributed by atoms with Crippen LogP contribution in [-0.2, 0) is 6.18 Å². The number of alkyl halides is 3. The van der Waals surface area contributed by atoms with Gasteiger partial charge in [0, 0.05) is 17.1 Å². The summed E-state index contributed by atoms with van der Waals surface area (Å²) in [7, 11) is 0. The van der Waals surface area contributed by atoms with Crippen molar-refractivity contribution in [3.8, 4) is 0 Å². The van der Waals surface area contributed by atoms with Crippen LogP contribution in [0, 0.1) is 0 Å². The van der Waals surface area contributed by atoms with Crippen LogP contribution in [0.25, 0.3) is 0 Å². The van der Waals surface area contributed by atoms with Crippen molar-refractivity contribution in [3.05, 3.63) is 23.8 Å². The lowest BCUT2D eigenvalue weighted by Gasteiger charge is -2.11. The summed E-state index contributed by atoms with van der Waals surface area (Å²) in [6.45, 7) is 0.825. The highest BCUT2D eigenvalue weighted by atomic mass is 32.2. The number of nitrogens with one attached hydrogen (secondary N) is 1. The van der Waals surface area contributed by atoms with Crippen LogP contribution in [0.1, 0.15) is 12.0 Å². The van der Waals surface area contributed by atoms with E-state index in [2.05, 4.69) is 5.32 Å². The van der Waals surface area contributed by atoms with Gasteiger partial charge in [0.2, 0.25) is 0 Å². The molecule has 5 heteroatoms. The zero-order valence-electron chi connectivity index (χ0n) is 7.90. The molecule has 1 heterocycles. The molecule has 0 saturated carbocycles. The first-order valence-electron chi connectivity index (χ1n) is 4.65. The number of hydrogen-bond acceptors (Lipinski definition) is 2. The fourth-order valence-electron chi connectivity index (χ4n) is 1.44. The van der Waals surface area contributed by atoms with Gasteiger partial charge in [0.15, 0.2) is 0 Å². The van der Waals surface area contributed by atoms with E-state index in [9.17, 15) is 13.2 Å². The van der Waals surface area contributed by atoms with E-state index in [4.69, 9.17) is 0 Å². The molecule has 0 aromatic heterocycles. The Morgan fingerprint density at radius 3 is 2.80 bits per heavy atom. The molecular formula is C10H10F3NS. The molecule has 15 heavy (non-hydrogen) atoms. The third kappa shape index (κ3) is 2.40. The maximum absolute atomic E-state index is 12.4. The van der Waals surface area contributed by atoms with Crippen molar-refractivity contribution in [2.45, 2.75) is 17.5 Å². The summed E-state index contributed by atoms with van der Waals surface area (Å²) < 4.78 is 37.3. The van der Waals surface area contributed by atoms with Crippen LogP contribution >= 0.6 is 11.8 Å². The minimum absolute atomic E-state index is 0.572. The number of anilines is 1. The van der Waals surface area contributed by atoms with Crippen molar-refractivity contribution in [2.24, 2.45) is 0 Å². The quantitative estimate of drug-likeness (QED) is 0.734. The molecule has 0 bridgehead atoms. The fourth-order valence-corrected chi connectivity index (χ4v) is 2.46. The predicted molar refractivity (Wildman–Crippen MR) is 55.3 cm³/mol. The molecule has 0 saturated heterocycles. The number of rotatable bonds is 0. The second-order valence-electron chi connectivity index (χ2n) is 3.34. The van der Waals surface area contributed by atoms with Gasteiger partial charge in [-0.2, -0.15) is 13.2 Å². The Kier molecular flexibility index (Phi) is 2.82. The molecule has 1 aromatic carbocycles. The van der Waals surface area contributed by atoms with Crippen LogP contribution in [0.2, 0.25) is 0 Å². The molecule has 0 unspecified atom stereocenters. The van der Waals surface area contributed by atoms with Gasteiger partial charge in [-0.3, -0.25) is 0 Å². The van der Waals surface area contributed by atoms with Crippen molar-refractivity contribution in [1.82, 2.24) is 0 Å². The van der Waals surface area contributed by atoms with Crippen LogP contribution in [0.15, 0.2) is 23.1 Å². The summed E-state index contributed by atoms with van der Waals surface area (Å²) >= 11 is 1.48. The Morgan fingerprint density at radius 1 is 1.27 bits per heavy atom. The smallest absolute Gasteiger partial charge is 0.384 e. The van der Waals surface area contributed by atoms with Crippen LogP contribution in [0.5, 0.6) is 0 Å². The van der Waals surface area contributed by atoms with Crippen LogP contribution in [0.3, 0.4) is 0 Å². The van der Waals surface area contributed by atoms with Gasteiger partial charge in [-0.1, -0.05) is 0 Å². The molecule has 0 amide bonds.